The van der Waals surface area contributed by atoms with Gasteiger partial charge in [-0.1, -0.05) is 12.1 Å². The van der Waals surface area contributed by atoms with Crippen LogP contribution in [0.3, 0.4) is 0 Å². The number of rotatable bonds is 7. The molecule has 6 heteroatoms. The number of carbonyl (C=O) groups is 1. The summed E-state index contributed by atoms with van der Waals surface area (Å²) < 4.78 is 9.60. The number of nitrogens with one attached hydrogen (secondary N) is 1. The summed E-state index contributed by atoms with van der Waals surface area (Å²) in [5.74, 6) is 0.396. The molecule has 0 aliphatic rings. The Balaban J connectivity index is 0.00000361. The minimum Gasteiger partial charge on any atom is -0.497 e. The number of benzene rings is 1. The summed E-state index contributed by atoms with van der Waals surface area (Å²) in [5, 5.41) is 13.0. The van der Waals surface area contributed by atoms with Gasteiger partial charge in [-0.05, 0) is 24.6 Å². The molecule has 0 heterocycles. The first-order chi connectivity index (χ1) is 9.06. The number of carbonyl (C=O) groups excluding carboxylic acids is 1. The molecule has 1 unspecified atom stereocenters. The van der Waals surface area contributed by atoms with E-state index in [1.165, 1.54) is 7.11 Å². The molecule has 1 aromatic carbocycles. The molecule has 0 aromatic heterocycles. The Bertz CT molecular complexity index is 397. The standard InChI is InChI=1S/C14H21NO4.H2S/c1-10(13(16)8-14(17)19-3)15-9-11-4-6-12(18-2)7-5-11;/h4-7,10,13,15-16H,8-9H2,1-3H3;1H2/t10-,13?;/m0./s1. The Morgan fingerprint density at radius 3 is 2.40 bits per heavy atom. The van der Waals surface area contributed by atoms with Gasteiger partial charge in [0.05, 0.1) is 26.7 Å². The number of aliphatic hydroxyl groups excluding tert-OH is 1. The molecule has 0 fully saturated rings. The van der Waals surface area contributed by atoms with E-state index in [2.05, 4.69) is 10.1 Å². The van der Waals surface area contributed by atoms with Gasteiger partial charge in [0.15, 0.2) is 0 Å². The molecule has 20 heavy (non-hydrogen) atoms. The highest BCUT2D eigenvalue weighted by molar-refractivity contribution is 7.59. The number of ether oxygens (including phenoxy) is 2. The molecule has 2 N–H and O–H groups in total. The lowest BCUT2D eigenvalue weighted by molar-refractivity contribution is -0.143. The van der Waals surface area contributed by atoms with E-state index in [4.69, 9.17) is 4.74 Å². The summed E-state index contributed by atoms with van der Waals surface area (Å²) in [5.41, 5.74) is 1.08. The molecule has 1 aromatic rings. The second-order valence-electron chi connectivity index (χ2n) is 4.37. The second-order valence-corrected chi connectivity index (χ2v) is 4.37. The van der Waals surface area contributed by atoms with Crippen molar-refractivity contribution >= 4 is 19.5 Å². The van der Waals surface area contributed by atoms with Gasteiger partial charge in [-0.3, -0.25) is 4.79 Å². The molecule has 0 saturated heterocycles. The van der Waals surface area contributed by atoms with Crippen molar-refractivity contribution in [2.45, 2.75) is 32.0 Å². The van der Waals surface area contributed by atoms with Gasteiger partial charge in [-0.2, -0.15) is 13.5 Å². The zero-order valence-electron chi connectivity index (χ0n) is 12.1. The first-order valence-electron chi connectivity index (χ1n) is 6.18. The lowest BCUT2D eigenvalue weighted by Gasteiger charge is -2.19. The number of hydrogen-bond donors (Lipinski definition) is 2. The van der Waals surface area contributed by atoms with Crippen LogP contribution in [0.2, 0.25) is 0 Å². The van der Waals surface area contributed by atoms with Crippen LogP contribution in [0, 0.1) is 0 Å². The summed E-state index contributed by atoms with van der Waals surface area (Å²) >= 11 is 0. The average Bonchev–Trinajstić information content (AvgIpc) is 2.44. The summed E-state index contributed by atoms with van der Waals surface area (Å²) in [6.45, 7) is 2.44. The SMILES string of the molecule is COC(=O)CC(O)[C@H](C)NCc1ccc(OC)cc1.S. The van der Waals surface area contributed by atoms with Gasteiger partial charge >= 0.3 is 5.97 Å². The number of hydrogen-bond acceptors (Lipinski definition) is 5. The topological polar surface area (TPSA) is 67.8 Å². The molecule has 2 atom stereocenters. The van der Waals surface area contributed by atoms with Crippen LogP contribution >= 0.6 is 13.5 Å². The minimum atomic E-state index is -0.759. The van der Waals surface area contributed by atoms with E-state index >= 15 is 0 Å². The van der Waals surface area contributed by atoms with Crippen LogP contribution in [0.15, 0.2) is 24.3 Å². The number of methoxy groups -OCH3 is 2. The number of esters is 1. The molecule has 0 bridgehead atoms. The van der Waals surface area contributed by atoms with Crippen molar-refractivity contribution in [1.29, 1.82) is 0 Å². The summed E-state index contributed by atoms with van der Waals surface area (Å²) in [7, 11) is 2.93. The summed E-state index contributed by atoms with van der Waals surface area (Å²) in [4.78, 5) is 11.0. The van der Waals surface area contributed by atoms with E-state index in [0.29, 0.717) is 6.54 Å². The predicted octanol–water partition coefficient (Wildman–Crippen LogP) is 1.21. The first-order valence-corrected chi connectivity index (χ1v) is 6.18. The van der Waals surface area contributed by atoms with Gasteiger partial charge in [0.1, 0.15) is 5.75 Å². The fraction of sp³-hybridized carbons (Fsp3) is 0.500. The molecule has 0 aliphatic carbocycles. The Hall–Kier alpha value is -1.24. The van der Waals surface area contributed by atoms with E-state index < -0.39 is 12.1 Å². The normalized spacial score (nSPS) is 13.0. The molecule has 0 saturated carbocycles. The average molecular weight is 301 g/mol. The van der Waals surface area contributed by atoms with Gasteiger partial charge in [0.2, 0.25) is 0 Å². The smallest absolute Gasteiger partial charge is 0.308 e. The van der Waals surface area contributed by atoms with Crippen molar-refractivity contribution in [2.24, 2.45) is 0 Å². The van der Waals surface area contributed by atoms with E-state index in [0.717, 1.165) is 11.3 Å². The van der Waals surface area contributed by atoms with E-state index in [1.54, 1.807) is 7.11 Å². The fourth-order valence-corrected chi connectivity index (χ4v) is 1.59. The summed E-state index contributed by atoms with van der Waals surface area (Å²) in [6.07, 6.45) is -0.765. The molecule has 0 aliphatic heterocycles. The molecule has 0 amide bonds. The van der Waals surface area contributed by atoms with Crippen LogP contribution in [-0.4, -0.2) is 37.4 Å². The van der Waals surface area contributed by atoms with Gasteiger partial charge < -0.3 is 19.9 Å². The van der Waals surface area contributed by atoms with Crippen molar-refractivity contribution in [3.8, 4) is 5.75 Å². The highest BCUT2D eigenvalue weighted by Gasteiger charge is 2.17. The van der Waals surface area contributed by atoms with Crippen LogP contribution in [0.1, 0.15) is 18.9 Å². The van der Waals surface area contributed by atoms with Crippen LogP contribution in [0.4, 0.5) is 0 Å². The number of aliphatic hydroxyl groups is 1. The van der Waals surface area contributed by atoms with Crippen LogP contribution in [0.5, 0.6) is 5.75 Å². The quantitative estimate of drug-likeness (QED) is 0.741. The fourth-order valence-electron chi connectivity index (χ4n) is 1.59. The predicted molar refractivity (Wildman–Crippen MR) is 82.3 cm³/mol. The largest absolute Gasteiger partial charge is 0.497 e. The lowest BCUT2D eigenvalue weighted by Crippen LogP contribution is -2.38. The maximum Gasteiger partial charge on any atom is 0.308 e. The molecular weight excluding hydrogens is 278 g/mol. The molecule has 0 radical (unpaired) electrons. The van der Waals surface area contributed by atoms with E-state index in [-0.39, 0.29) is 26.0 Å². The van der Waals surface area contributed by atoms with Gasteiger partial charge in [-0.25, -0.2) is 0 Å². The highest BCUT2D eigenvalue weighted by Crippen LogP contribution is 2.11. The van der Waals surface area contributed by atoms with Gasteiger partial charge in [0, 0.05) is 12.6 Å². The van der Waals surface area contributed by atoms with Crippen LogP contribution < -0.4 is 10.1 Å². The third kappa shape index (κ3) is 6.27. The lowest BCUT2D eigenvalue weighted by atomic mass is 10.1. The first kappa shape index (κ1) is 18.8. The maximum absolute atomic E-state index is 11.0. The second kappa shape index (κ2) is 9.63. The van der Waals surface area contributed by atoms with E-state index in [1.807, 2.05) is 31.2 Å². The van der Waals surface area contributed by atoms with Crippen molar-refractivity contribution in [3.05, 3.63) is 29.8 Å². The highest BCUT2D eigenvalue weighted by atomic mass is 32.1. The van der Waals surface area contributed by atoms with Crippen molar-refractivity contribution in [3.63, 3.8) is 0 Å². The Kier molecular flexibility index (Phi) is 9.03. The minimum absolute atomic E-state index is 0. The van der Waals surface area contributed by atoms with Gasteiger partial charge in [0.25, 0.3) is 0 Å². The molecule has 114 valence electrons. The maximum atomic E-state index is 11.0. The monoisotopic (exact) mass is 301 g/mol. The van der Waals surface area contributed by atoms with Crippen molar-refractivity contribution in [2.75, 3.05) is 14.2 Å². The molecule has 5 nitrogen and oxygen atoms in total. The zero-order valence-corrected chi connectivity index (χ0v) is 13.1. The van der Waals surface area contributed by atoms with Crippen molar-refractivity contribution < 1.29 is 19.4 Å². The third-order valence-corrected chi connectivity index (χ3v) is 2.97. The van der Waals surface area contributed by atoms with E-state index in [9.17, 15) is 9.90 Å². The molecule has 1 rings (SSSR count). The van der Waals surface area contributed by atoms with Crippen LogP contribution in [-0.2, 0) is 16.1 Å². The Morgan fingerprint density at radius 2 is 1.90 bits per heavy atom. The summed E-state index contributed by atoms with van der Waals surface area (Å²) in [6, 6.07) is 7.47. The molecule has 0 spiro atoms. The Labute approximate surface area is 126 Å². The van der Waals surface area contributed by atoms with Gasteiger partial charge in [-0.15, -0.1) is 0 Å². The zero-order chi connectivity index (χ0) is 14.3. The Morgan fingerprint density at radius 1 is 1.30 bits per heavy atom. The van der Waals surface area contributed by atoms with Crippen LogP contribution in [0.25, 0.3) is 0 Å². The third-order valence-electron chi connectivity index (χ3n) is 2.97. The molecular formula is C14H23NO4S. The van der Waals surface area contributed by atoms with Crippen molar-refractivity contribution in [1.82, 2.24) is 5.32 Å².